The highest BCUT2D eigenvalue weighted by molar-refractivity contribution is 14.1. The molecule has 1 unspecified atom stereocenters. The Bertz CT molecular complexity index is 1240. The number of ether oxygens (including phenoxy) is 2. The number of benzene rings is 1. The first-order chi connectivity index (χ1) is 15.6. The molecule has 2 saturated heterocycles. The van der Waals surface area contributed by atoms with E-state index < -0.39 is 29.9 Å². The Balaban J connectivity index is 1.46. The van der Waals surface area contributed by atoms with Crippen LogP contribution in [0.5, 0.6) is 0 Å². The zero-order valence-corrected chi connectivity index (χ0v) is 19.0. The van der Waals surface area contributed by atoms with E-state index in [0.29, 0.717) is 23.5 Å². The van der Waals surface area contributed by atoms with Gasteiger partial charge in [0.25, 0.3) is 5.91 Å². The highest BCUT2D eigenvalue weighted by Crippen LogP contribution is 2.47. The highest BCUT2D eigenvalue weighted by Gasteiger charge is 2.65. The van der Waals surface area contributed by atoms with Gasteiger partial charge in [-0.1, -0.05) is 17.2 Å². The predicted molar refractivity (Wildman–Crippen MR) is 121 cm³/mol. The van der Waals surface area contributed by atoms with Crippen LogP contribution >= 0.6 is 22.6 Å². The first-order valence-electron chi connectivity index (χ1n) is 9.79. The number of azide groups is 1. The molecular formula is C19H18IN9O3. The molecule has 4 heterocycles. The summed E-state index contributed by atoms with van der Waals surface area (Å²) in [6.45, 7) is 0.571. The summed E-state index contributed by atoms with van der Waals surface area (Å²) in [4.78, 5) is 28.7. The highest BCUT2D eigenvalue weighted by atomic mass is 127. The van der Waals surface area contributed by atoms with E-state index in [1.54, 1.807) is 10.9 Å². The third-order valence-electron chi connectivity index (χ3n) is 5.66. The molecule has 1 aromatic carbocycles. The van der Waals surface area contributed by atoms with Crippen molar-refractivity contribution in [2.24, 2.45) is 5.11 Å². The second-order valence-electron chi connectivity index (χ2n) is 7.43. The fraction of sp³-hybridized carbons (Fsp3) is 0.368. The van der Waals surface area contributed by atoms with Crippen LogP contribution in [0.4, 0.5) is 5.82 Å². The fourth-order valence-corrected chi connectivity index (χ4v) is 4.79. The summed E-state index contributed by atoms with van der Waals surface area (Å²) in [5.74, 6) is 0.170. The second kappa shape index (κ2) is 8.16. The first kappa shape index (κ1) is 20.9. The molecule has 0 aliphatic carbocycles. The summed E-state index contributed by atoms with van der Waals surface area (Å²) in [6.07, 6.45) is 1.61. The van der Waals surface area contributed by atoms with Gasteiger partial charge in [0, 0.05) is 22.1 Å². The lowest BCUT2D eigenvalue weighted by molar-refractivity contribution is -0.182. The van der Waals surface area contributed by atoms with Gasteiger partial charge in [0.1, 0.15) is 18.5 Å². The number of carbonyl (C=O) groups is 1. The molecule has 2 N–H and O–H groups in total. The third kappa shape index (κ3) is 3.24. The van der Waals surface area contributed by atoms with Crippen molar-refractivity contribution in [1.29, 1.82) is 0 Å². The molecule has 2 aliphatic heterocycles. The van der Waals surface area contributed by atoms with Gasteiger partial charge in [0.05, 0.1) is 12.9 Å². The number of imidazole rings is 1. The van der Waals surface area contributed by atoms with Crippen LogP contribution in [0.1, 0.15) is 11.8 Å². The van der Waals surface area contributed by atoms with Gasteiger partial charge in [-0.2, -0.15) is 0 Å². The molecule has 32 heavy (non-hydrogen) atoms. The minimum Gasteiger partial charge on any atom is -0.369 e. The molecule has 5 rings (SSSR count). The summed E-state index contributed by atoms with van der Waals surface area (Å²) in [5, 5.41) is 9.68. The van der Waals surface area contributed by atoms with Gasteiger partial charge >= 0.3 is 0 Å². The topological polar surface area (TPSA) is 152 Å². The van der Waals surface area contributed by atoms with Crippen molar-refractivity contribution in [2.75, 3.05) is 19.0 Å². The number of nitrogens with zero attached hydrogens (tertiary/aromatic N) is 7. The Hall–Kier alpha value is -3.00. The van der Waals surface area contributed by atoms with E-state index in [1.807, 2.05) is 18.2 Å². The minimum atomic E-state index is -1.40. The molecule has 2 aromatic heterocycles. The Kier molecular flexibility index (Phi) is 5.33. The van der Waals surface area contributed by atoms with Gasteiger partial charge in [-0.15, -0.1) is 0 Å². The molecule has 2 fully saturated rings. The lowest BCUT2D eigenvalue weighted by Crippen LogP contribution is -2.52. The lowest BCUT2D eigenvalue weighted by atomic mass is 9.96. The van der Waals surface area contributed by atoms with Crippen LogP contribution in [-0.2, 0) is 20.8 Å². The van der Waals surface area contributed by atoms with Crippen molar-refractivity contribution in [3.8, 4) is 0 Å². The van der Waals surface area contributed by atoms with E-state index in [4.69, 9.17) is 15.0 Å². The summed E-state index contributed by atoms with van der Waals surface area (Å²) in [7, 11) is 1.50. The maximum Gasteiger partial charge on any atom is 0.255 e. The van der Waals surface area contributed by atoms with Crippen LogP contribution < -0.4 is 10.6 Å². The summed E-state index contributed by atoms with van der Waals surface area (Å²) >= 11 is 2.27. The van der Waals surface area contributed by atoms with Crippen LogP contribution in [0, 0.1) is 3.57 Å². The molecule has 0 saturated carbocycles. The molecule has 4 atom stereocenters. The molecule has 3 aromatic rings. The smallest absolute Gasteiger partial charge is 0.255 e. The van der Waals surface area contributed by atoms with Crippen LogP contribution in [0.2, 0.25) is 0 Å². The van der Waals surface area contributed by atoms with Gasteiger partial charge in [-0.3, -0.25) is 9.36 Å². The minimum absolute atomic E-state index is 0.00181. The molecule has 1 amide bonds. The van der Waals surface area contributed by atoms with Gasteiger partial charge in [-0.25, -0.2) is 15.0 Å². The summed E-state index contributed by atoms with van der Waals surface area (Å²) in [5.41, 5.74) is 9.80. The maximum atomic E-state index is 12.6. The number of aromatic nitrogens is 4. The Morgan fingerprint density at radius 1 is 1.44 bits per heavy atom. The van der Waals surface area contributed by atoms with Crippen molar-refractivity contribution in [2.45, 2.75) is 30.5 Å². The molecular weight excluding hydrogens is 529 g/mol. The number of anilines is 1. The van der Waals surface area contributed by atoms with Crippen LogP contribution in [0.25, 0.3) is 21.6 Å². The number of halogens is 1. The van der Waals surface area contributed by atoms with E-state index in [0.717, 1.165) is 9.13 Å². The lowest BCUT2D eigenvalue weighted by Gasteiger charge is -2.30. The Labute approximate surface area is 195 Å². The van der Waals surface area contributed by atoms with E-state index in [1.165, 1.54) is 13.4 Å². The summed E-state index contributed by atoms with van der Waals surface area (Å²) in [6, 6.07) is 7.33. The van der Waals surface area contributed by atoms with Crippen molar-refractivity contribution < 1.29 is 14.3 Å². The van der Waals surface area contributed by atoms with Crippen molar-refractivity contribution in [3.05, 3.63) is 56.5 Å². The van der Waals surface area contributed by atoms with E-state index >= 15 is 0 Å². The molecule has 0 radical (unpaired) electrons. The molecule has 0 spiro atoms. The number of fused-ring (bicyclic) bond motifs is 3. The standard InChI is InChI=1S/C19H18IN9O3/c1-22-18(30)19-7-31-13(14(19)27-28-21)17(32-19)29-9-26-12-15(24-8-25-16(12)29)23-6-10-3-2-4-11(20)5-10/h2-5,8-9,13-14,17H,6-7H2,1H3,(H,22,30)(H,23,24,25)/t13-,14?,17+,19-/m0/s1. The van der Waals surface area contributed by atoms with Gasteiger partial charge in [-0.05, 0) is 45.8 Å². The van der Waals surface area contributed by atoms with E-state index in [2.05, 4.69) is 64.3 Å². The van der Waals surface area contributed by atoms with Crippen molar-refractivity contribution in [3.63, 3.8) is 0 Å². The van der Waals surface area contributed by atoms with Crippen LogP contribution in [-0.4, -0.2) is 56.8 Å². The number of likely N-dealkylation sites (N-methyl/N-ethyl adjacent to an activating group) is 1. The normalized spacial score (nSPS) is 26.1. The number of hydrogen-bond donors (Lipinski definition) is 2. The van der Waals surface area contributed by atoms with Gasteiger partial charge in [0.2, 0.25) is 0 Å². The van der Waals surface area contributed by atoms with E-state index in [-0.39, 0.29) is 6.61 Å². The van der Waals surface area contributed by atoms with Gasteiger partial charge < -0.3 is 20.1 Å². The molecule has 2 aliphatic rings. The zero-order chi connectivity index (χ0) is 22.3. The largest absolute Gasteiger partial charge is 0.369 e. The molecule has 13 heteroatoms. The summed E-state index contributed by atoms with van der Waals surface area (Å²) < 4.78 is 14.8. The number of nitrogens with one attached hydrogen (secondary N) is 2. The molecule has 164 valence electrons. The van der Waals surface area contributed by atoms with Gasteiger partial charge in [0.15, 0.2) is 28.8 Å². The second-order valence-corrected chi connectivity index (χ2v) is 8.68. The Morgan fingerprint density at radius 2 is 2.31 bits per heavy atom. The van der Waals surface area contributed by atoms with E-state index in [9.17, 15) is 4.79 Å². The number of hydrogen-bond acceptors (Lipinski definition) is 8. The SMILES string of the molecule is CNC(=O)[C@]12CO[C@@H](C1N=[N+]=[N-])[C@H](n1cnc3c(NCc4cccc(I)c4)ncnc31)O2. The number of rotatable bonds is 6. The Morgan fingerprint density at radius 3 is 3.09 bits per heavy atom. The predicted octanol–water partition coefficient (Wildman–Crippen LogP) is 2.13. The fourth-order valence-electron chi connectivity index (χ4n) is 4.18. The number of amides is 1. The van der Waals surface area contributed by atoms with Crippen molar-refractivity contribution >= 4 is 45.5 Å². The maximum absolute atomic E-state index is 12.6. The van der Waals surface area contributed by atoms with Crippen molar-refractivity contribution in [1.82, 2.24) is 24.8 Å². The van der Waals surface area contributed by atoms with Crippen LogP contribution in [0.3, 0.4) is 0 Å². The third-order valence-corrected chi connectivity index (χ3v) is 6.33. The number of carbonyl (C=O) groups excluding carboxylic acids is 1. The molecule has 2 bridgehead atoms. The monoisotopic (exact) mass is 547 g/mol. The first-order valence-corrected chi connectivity index (χ1v) is 10.9. The molecule has 12 nitrogen and oxygen atoms in total. The zero-order valence-electron chi connectivity index (χ0n) is 16.8. The quantitative estimate of drug-likeness (QED) is 0.208. The van der Waals surface area contributed by atoms with Crippen LogP contribution in [0.15, 0.2) is 42.0 Å². The average molecular weight is 547 g/mol. The average Bonchev–Trinajstić information content (AvgIpc) is 3.48.